The lowest BCUT2D eigenvalue weighted by Crippen LogP contribution is -1.88. The number of nitrogens with zero attached hydrogens (tertiary/aromatic N) is 1. The lowest BCUT2D eigenvalue weighted by Gasteiger charge is -2.02. The first-order chi connectivity index (χ1) is 6.33. The molecule has 0 unspecified atom stereocenters. The van der Waals surface area contributed by atoms with Crippen LogP contribution in [0.2, 0.25) is 0 Å². The highest BCUT2D eigenvalue weighted by Crippen LogP contribution is 2.18. The molecule has 2 rings (SSSR count). The van der Waals surface area contributed by atoms with E-state index in [-0.39, 0.29) is 0 Å². The molecule has 1 heterocycles. The Hall–Kier alpha value is -1.70. The molecule has 64 valence electrons. The Morgan fingerprint density at radius 1 is 1.31 bits per heavy atom. The summed E-state index contributed by atoms with van der Waals surface area (Å²) in [7, 11) is 0. The third-order valence-corrected chi connectivity index (χ3v) is 2.13. The van der Waals surface area contributed by atoms with Crippen molar-refractivity contribution >= 4 is 17.2 Å². The van der Waals surface area contributed by atoms with Crippen molar-refractivity contribution in [2.45, 2.75) is 6.92 Å². The van der Waals surface area contributed by atoms with E-state index in [1.165, 1.54) is 0 Å². The molecule has 0 saturated heterocycles. The Morgan fingerprint density at radius 2 is 2.15 bits per heavy atom. The maximum atomic E-state index is 10.7. The molecule has 2 nitrogen and oxygen atoms in total. The molecule has 0 amide bonds. The first-order valence-corrected chi connectivity index (χ1v) is 4.12. The molecule has 0 aliphatic heterocycles. The molecule has 0 radical (unpaired) electrons. The summed E-state index contributed by atoms with van der Waals surface area (Å²) < 4.78 is 0. The molecule has 2 heteroatoms. The molecule has 2 aromatic rings. The maximum absolute atomic E-state index is 10.7. The number of carbonyl (C=O) groups is 1. The van der Waals surface area contributed by atoms with Gasteiger partial charge in [-0.15, -0.1) is 0 Å². The standard InChI is InChI=1S/C11H9NO/c1-8-3-2-4-10-11(8)9(7-13)5-6-12-10/h2-7H,1H3. The number of carbonyl (C=O) groups excluding carboxylic acids is 1. The molecule has 0 saturated carbocycles. The number of hydrogen-bond donors (Lipinski definition) is 0. The largest absolute Gasteiger partial charge is 0.298 e. The Balaban J connectivity index is 2.94. The first-order valence-electron chi connectivity index (χ1n) is 4.12. The van der Waals surface area contributed by atoms with Gasteiger partial charge in [0.1, 0.15) is 0 Å². The number of benzene rings is 1. The molecular weight excluding hydrogens is 162 g/mol. The number of rotatable bonds is 1. The van der Waals surface area contributed by atoms with Gasteiger partial charge in [-0.05, 0) is 24.6 Å². The molecule has 1 aromatic carbocycles. The van der Waals surface area contributed by atoms with E-state index in [1.54, 1.807) is 12.3 Å². The summed E-state index contributed by atoms with van der Waals surface area (Å²) in [6.45, 7) is 1.98. The quantitative estimate of drug-likeness (QED) is 0.616. The molecule has 0 atom stereocenters. The molecular formula is C11H9NO. The van der Waals surface area contributed by atoms with Crippen molar-refractivity contribution in [1.82, 2.24) is 4.98 Å². The summed E-state index contributed by atoms with van der Waals surface area (Å²) in [4.78, 5) is 14.9. The molecule has 0 bridgehead atoms. The minimum atomic E-state index is 0.711. The highest BCUT2D eigenvalue weighted by atomic mass is 16.1. The van der Waals surface area contributed by atoms with E-state index in [9.17, 15) is 4.79 Å². The number of fused-ring (bicyclic) bond motifs is 1. The summed E-state index contributed by atoms with van der Waals surface area (Å²) in [5.74, 6) is 0. The highest BCUT2D eigenvalue weighted by molar-refractivity contribution is 5.97. The minimum absolute atomic E-state index is 0.711. The van der Waals surface area contributed by atoms with Gasteiger partial charge in [0.15, 0.2) is 6.29 Å². The Kier molecular flexibility index (Phi) is 1.81. The zero-order chi connectivity index (χ0) is 9.26. The van der Waals surface area contributed by atoms with Crippen LogP contribution in [-0.4, -0.2) is 11.3 Å². The van der Waals surface area contributed by atoms with Crippen LogP contribution in [-0.2, 0) is 0 Å². The van der Waals surface area contributed by atoms with Gasteiger partial charge in [0, 0.05) is 17.1 Å². The van der Waals surface area contributed by atoms with Crippen LogP contribution >= 0.6 is 0 Å². The van der Waals surface area contributed by atoms with Crippen LogP contribution in [0.5, 0.6) is 0 Å². The summed E-state index contributed by atoms with van der Waals surface area (Å²) in [6.07, 6.45) is 2.53. The van der Waals surface area contributed by atoms with Crippen LogP contribution in [0.3, 0.4) is 0 Å². The number of hydrogen-bond acceptors (Lipinski definition) is 2. The average Bonchev–Trinajstić information content (AvgIpc) is 2.17. The second-order valence-electron chi connectivity index (χ2n) is 2.99. The van der Waals surface area contributed by atoms with Crippen LogP contribution in [0.1, 0.15) is 15.9 Å². The van der Waals surface area contributed by atoms with Crippen LogP contribution in [0.25, 0.3) is 10.9 Å². The lowest BCUT2D eigenvalue weighted by molar-refractivity contribution is 0.112. The molecule has 0 aliphatic rings. The third-order valence-electron chi connectivity index (χ3n) is 2.13. The first kappa shape index (κ1) is 7.92. The van der Waals surface area contributed by atoms with Gasteiger partial charge in [0.25, 0.3) is 0 Å². The van der Waals surface area contributed by atoms with Crippen molar-refractivity contribution in [3.8, 4) is 0 Å². The van der Waals surface area contributed by atoms with Crippen molar-refractivity contribution in [3.63, 3.8) is 0 Å². The van der Waals surface area contributed by atoms with E-state index < -0.39 is 0 Å². The fourth-order valence-corrected chi connectivity index (χ4v) is 1.51. The Labute approximate surface area is 76.2 Å². The monoisotopic (exact) mass is 171 g/mol. The second-order valence-corrected chi connectivity index (χ2v) is 2.99. The summed E-state index contributed by atoms with van der Waals surface area (Å²) in [5, 5.41) is 0.958. The molecule has 0 aliphatic carbocycles. The third kappa shape index (κ3) is 1.20. The fourth-order valence-electron chi connectivity index (χ4n) is 1.51. The molecule has 0 spiro atoms. The summed E-state index contributed by atoms with van der Waals surface area (Å²) in [5.41, 5.74) is 2.68. The number of pyridine rings is 1. The van der Waals surface area contributed by atoms with Crippen molar-refractivity contribution in [2.24, 2.45) is 0 Å². The van der Waals surface area contributed by atoms with Crippen molar-refractivity contribution in [3.05, 3.63) is 41.6 Å². The van der Waals surface area contributed by atoms with Crippen molar-refractivity contribution in [1.29, 1.82) is 0 Å². The van der Waals surface area contributed by atoms with Gasteiger partial charge in [-0.2, -0.15) is 0 Å². The Bertz CT molecular complexity index is 457. The average molecular weight is 171 g/mol. The minimum Gasteiger partial charge on any atom is -0.298 e. The molecule has 0 N–H and O–H groups in total. The second kappa shape index (κ2) is 2.98. The van der Waals surface area contributed by atoms with E-state index in [2.05, 4.69) is 4.98 Å². The van der Waals surface area contributed by atoms with Crippen LogP contribution in [0.15, 0.2) is 30.5 Å². The zero-order valence-electron chi connectivity index (χ0n) is 7.32. The van der Waals surface area contributed by atoms with Gasteiger partial charge in [0.05, 0.1) is 5.52 Å². The van der Waals surface area contributed by atoms with Gasteiger partial charge < -0.3 is 0 Å². The lowest BCUT2D eigenvalue weighted by atomic mass is 10.1. The maximum Gasteiger partial charge on any atom is 0.150 e. The number of aromatic nitrogens is 1. The van der Waals surface area contributed by atoms with E-state index in [0.29, 0.717) is 5.56 Å². The summed E-state index contributed by atoms with van der Waals surface area (Å²) >= 11 is 0. The van der Waals surface area contributed by atoms with Crippen LogP contribution in [0.4, 0.5) is 0 Å². The topological polar surface area (TPSA) is 30.0 Å². The molecule has 1 aromatic heterocycles. The van der Waals surface area contributed by atoms with Crippen LogP contribution in [0, 0.1) is 6.92 Å². The predicted molar refractivity (Wildman–Crippen MR) is 51.9 cm³/mol. The predicted octanol–water partition coefficient (Wildman–Crippen LogP) is 2.36. The molecule has 13 heavy (non-hydrogen) atoms. The Morgan fingerprint density at radius 3 is 2.92 bits per heavy atom. The smallest absolute Gasteiger partial charge is 0.150 e. The zero-order valence-corrected chi connectivity index (χ0v) is 7.32. The van der Waals surface area contributed by atoms with Gasteiger partial charge in [-0.3, -0.25) is 9.78 Å². The normalized spacial score (nSPS) is 10.2. The van der Waals surface area contributed by atoms with Gasteiger partial charge in [-0.1, -0.05) is 12.1 Å². The number of aldehydes is 1. The SMILES string of the molecule is Cc1cccc2nccc(C=O)c12. The van der Waals surface area contributed by atoms with Crippen molar-refractivity contribution in [2.75, 3.05) is 0 Å². The van der Waals surface area contributed by atoms with E-state index >= 15 is 0 Å². The highest BCUT2D eigenvalue weighted by Gasteiger charge is 2.02. The van der Waals surface area contributed by atoms with E-state index in [1.807, 2.05) is 25.1 Å². The van der Waals surface area contributed by atoms with E-state index in [0.717, 1.165) is 22.8 Å². The fraction of sp³-hybridized carbons (Fsp3) is 0.0909. The molecule has 0 fully saturated rings. The van der Waals surface area contributed by atoms with Gasteiger partial charge in [-0.25, -0.2) is 0 Å². The van der Waals surface area contributed by atoms with Gasteiger partial charge >= 0.3 is 0 Å². The summed E-state index contributed by atoms with van der Waals surface area (Å²) in [6, 6.07) is 7.58. The number of aryl methyl sites for hydroxylation is 1. The van der Waals surface area contributed by atoms with Crippen LogP contribution < -0.4 is 0 Å². The van der Waals surface area contributed by atoms with E-state index in [4.69, 9.17) is 0 Å². The van der Waals surface area contributed by atoms with Crippen molar-refractivity contribution < 1.29 is 4.79 Å². The van der Waals surface area contributed by atoms with Gasteiger partial charge in [0.2, 0.25) is 0 Å².